The van der Waals surface area contributed by atoms with Gasteiger partial charge in [0.2, 0.25) is 0 Å². The summed E-state index contributed by atoms with van der Waals surface area (Å²) in [6.07, 6.45) is 1.23. The molecule has 0 bridgehead atoms. The molecule has 2 aromatic carbocycles. The van der Waals surface area contributed by atoms with Crippen molar-refractivity contribution in [3.8, 4) is 11.1 Å². The van der Waals surface area contributed by atoms with Crippen LogP contribution >= 0.6 is 0 Å². The van der Waals surface area contributed by atoms with Crippen molar-refractivity contribution in [3.05, 3.63) is 60.2 Å². The van der Waals surface area contributed by atoms with Crippen LogP contribution in [-0.2, 0) is 6.54 Å². The summed E-state index contributed by atoms with van der Waals surface area (Å²) in [4.78, 5) is 0. The number of rotatable bonds is 4. The Balaban J connectivity index is 1.77. The number of hydrogen-bond donors (Lipinski definition) is 2. The van der Waals surface area contributed by atoms with E-state index in [-0.39, 0.29) is 0 Å². The molecule has 0 saturated carbocycles. The average molecular weight is 252 g/mol. The number of nitrogens with one attached hydrogen (secondary N) is 2. The molecule has 3 rings (SSSR count). The van der Waals surface area contributed by atoms with Gasteiger partial charge in [0.1, 0.15) is 0 Å². The van der Waals surface area contributed by atoms with E-state index in [9.17, 15) is 0 Å². The van der Waals surface area contributed by atoms with E-state index >= 15 is 0 Å². The molecule has 0 aliphatic carbocycles. The van der Waals surface area contributed by atoms with Crippen LogP contribution in [0.4, 0.5) is 0 Å². The molecular formula is C17H20N2. The summed E-state index contributed by atoms with van der Waals surface area (Å²) in [7, 11) is 0. The Morgan fingerprint density at radius 3 is 2.58 bits per heavy atom. The predicted molar refractivity (Wildman–Crippen MR) is 80.0 cm³/mol. The summed E-state index contributed by atoms with van der Waals surface area (Å²) in [5.74, 6) is 0. The molecule has 1 heterocycles. The highest BCUT2D eigenvalue weighted by atomic mass is 15.0. The third-order valence-electron chi connectivity index (χ3n) is 3.74. The molecule has 0 spiro atoms. The summed E-state index contributed by atoms with van der Waals surface area (Å²) in [5.41, 5.74) is 4.01. The fourth-order valence-corrected chi connectivity index (χ4v) is 2.66. The summed E-state index contributed by atoms with van der Waals surface area (Å²) in [6, 6.07) is 19.9. The molecule has 0 radical (unpaired) electrons. The van der Waals surface area contributed by atoms with E-state index in [2.05, 4.69) is 65.2 Å². The topological polar surface area (TPSA) is 24.1 Å². The largest absolute Gasteiger partial charge is 0.315 e. The highest BCUT2D eigenvalue weighted by Crippen LogP contribution is 2.23. The summed E-state index contributed by atoms with van der Waals surface area (Å²) in [5, 5.41) is 7.04. The SMILES string of the molecule is c1ccc(-c2ccccc2CNC2CCNC2)cc1. The van der Waals surface area contributed by atoms with Crippen molar-refractivity contribution in [1.29, 1.82) is 0 Å². The third-order valence-corrected chi connectivity index (χ3v) is 3.74. The van der Waals surface area contributed by atoms with Crippen LogP contribution in [0.2, 0.25) is 0 Å². The fourth-order valence-electron chi connectivity index (χ4n) is 2.66. The van der Waals surface area contributed by atoms with Crippen molar-refractivity contribution in [2.45, 2.75) is 19.0 Å². The Morgan fingerprint density at radius 1 is 1.00 bits per heavy atom. The molecule has 1 aliphatic rings. The molecule has 1 aliphatic heterocycles. The highest BCUT2D eigenvalue weighted by Gasteiger charge is 2.14. The van der Waals surface area contributed by atoms with Crippen molar-refractivity contribution in [2.75, 3.05) is 13.1 Å². The molecule has 0 amide bonds. The Hall–Kier alpha value is -1.64. The lowest BCUT2D eigenvalue weighted by Crippen LogP contribution is -2.30. The lowest BCUT2D eigenvalue weighted by molar-refractivity contribution is 0.548. The first-order chi connectivity index (χ1) is 9.43. The second kappa shape index (κ2) is 6.00. The van der Waals surface area contributed by atoms with Gasteiger partial charge in [-0.1, -0.05) is 54.6 Å². The van der Waals surface area contributed by atoms with Crippen LogP contribution in [0.3, 0.4) is 0 Å². The van der Waals surface area contributed by atoms with Crippen LogP contribution in [-0.4, -0.2) is 19.1 Å². The van der Waals surface area contributed by atoms with E-state index in [1.165, 1.54) is 23.1 Å². The van der Waals surface area contributed by atoms with Crippen LogP contribution in [0.5, 0.6) is 0 Å². The smallest absolute Gasteiger partial charge is 0.0214 e. The Kier molecular flexibility index (Phi) is 3.92. The molecule has 2 N–H and O–H groups in total. The van der Waals surface area contributed by atoms with E-state index < -0.39 is 0 Å². The molecule has 2 heteroatoms. The van der Waals surface area contributed by atoms with Gasteiger partial charge in [-0.15, -0.1) is 0 Å². The van der Waals surface area contributed by atoms with E-state index in [1.807, 2.05) is 0 Å². The van der Waals surface area contributed by atoms with Gasteiger partial charge in [0.25, 0.3) is 0 Å². The lowest BCUT2D eigenvalue weighted by Gasteiger charge is -2.14. The van der Waals surface area contributed by atoms with Gasteiger partial charge in [-0.25, -0.2) is 0 Å². The molecule has 1 fully saturated rings. The standard InChI is InChI=1S/C17H20N2/c1-2-6-14(7-3-1)17-9-5-4-8-15(17)12-19-16-10-11-18-13-16/h1-9,16,18-19H,10-13H2. The van der Waals surface area contributed by atoms with E-state index in [4.69, 9.17) is 0 Å². The third kappa shape index (κ3) is 3.03. The zero-order chi connectivity index (χ0) is 12.9. The molecule has 1 atom stereocenters. The number of hydrogen-bond acceptors (Lipinski definition) is 2. The lowest BCUT2D eigenvalue weighted by atomic mass is 9.99. The van der Waals surface area contributed by atoms with Crippen molar-refractivity contribution in [2.24, 2.45) is 0 Å². The van der Waals surface area contributed by atoms with Crippen molar-refractivity contribution >= 4 is 0 Å². The molecule has 2 nitrogen and oxygen atoms in total. The second-order valence-electron chi connectivity index (χ2n) is 5.09. The van der Waals surface area contributed by atoms with E-state index in [0.29, 0.717) is 6.04 Å². The first-order valence-corrected chi connectivity index (χ1v) is 7.01. The average Bonchev–Trinajstić information content (AvgIpc) is 3.00. The van der Waals surface area contributed by atoms with Gasteiger partial charge in [0.15, 0.2) is 0 Å². The van der Waals surface area contributed by atoms with Gasteiger partial charge in [-0.05, 0) is 29.7 Å². The van der Waals surface area contributed by atoms with Crippen molar-refractivity contribution < 1.29 is 0 Å². The maximum absolute atomic E-state index is 3.65. The first-order valence-electron chi connectivity index (χ1n) is 7.01. The fraction of sp³-hybridized carbons (Fsp3) is 0.294. The molecule has 98 valence electrons. The second-order valence-corrected chi connectivity index (χ2v) is 5.09. The zero-order valence-electron chi connectivity index (χ0n) is 11.1. The van der Waals surface area contributed by atoms with Crippen LogP contribution in [0, 0.1) is 0 Å². The van der Waals surface area contributed by atoms with Crippen molar-refractivity contribution in [1.82, 2.24) is 10.6 Å². The molecule has 19 heavy (non-hydrogen) atoms. The van der Waals surface area contributed by atoms with Crippen LogP contribution in [0.25, 0.3) is 11.1 Å². The summed E-state index contributed by atoms with van der Waals surface area (Å²) < 4.78 is 0. The van der Waals surface area contributed by atoms with Crippen LogP contribution < -0.4 is 10.6 Å². The van der Waals surface area contributed by atoms with Gasteiger partial charge in [0, 0.05) is 19.1 Å². The Morgan fingerprint density at radius 2 is 1.79 bits per heavy atom. The monoisotopic (exact) mass is 252 g/mol. The normalized spacial score (nSPS) is 18.6. The van der Waals surface area contributed by atoms with Crippen molar-refractivity contribution in [3.63, 3.8) is 0 Å². The summed E-state index contributed by atoms with van der Waals surface area (Å²) >= 11 is 0. The van der Waals surface area contributed by atoms with Gasteiger partial charge >= 0.3 is 0 Å². The minimum Gasteiger partial charge on any atom is -0.315 e. The molecule has 1 saturated heterocycles. The first kappa shape index (κ1) is 12.4. The maximum Gasteiger partial charge on any atom is 0.0214 e. The minimum absolute atomic E-state index is 0.615. The van der Waals surface area contributed by atoms with Gasteiger partial charge in [-0.3, -0.25) is 0 Å². The van der Waals surface area contributed by atoms with Crippen LogP contribution in [0.15, 0.2) is 54.6 Å². The molecule has 2 aromatic rings. The van der Waals surface area contributed by atoms with Gasteiger partial charge < -0.3 is 10.6 Å². The zero-order valence-corrected chi connectivity index (χ0v) is 11.1. The number of benzene rings is 2. The Labute approximate surface area is 114 Å². The summed E-state index contributed by atoms with van der Waals surface area (Å²) in [6.45, 7) is 3.17. The predicted octanol–water partition coefficient (Wildman–Crippen LogP) is 2.81. The molecular weight excluding hydrogens is 232 g/mol. The van der Waals surface area contributed by atoms with E-state index in [1.54, 1.807) is 0 Å². The minimum atomic E-state index is 0.615. The van der Waals surface area contributed by atoms with Gasteiger partial charge in [0.05, 0.1) is 0 Å². The van der Waals surface area contributed by atoms with E-state index in [0.717, 1.165) is 19.6 Å². The van der Waals surface area contributed by atoms with Crippen LogP contribution in [0.1, 0.15) is 12.0 Å². The molecule has 0 aromatic heterocycles. The highest BCUT2D eigenvalue weighted by molar-refractivity contribution is 5.67. The Bertz CT molecular complexity index is 516. The maximum atomic E-state index is 3.65. The molecule has 1 unspecified atom stereocenters. The quantitative estimate of drug-likeness (QED) is 0.874. The van der Waals surface area contributed by atoms with Gasteiger partial charge in [-0.2, -0.15) is 0 Å².